The maximum absolute atomic E-state index is 12.5. The highest BCUT2D eigenvalue weighted by molar-refractivity contribution is 7.92. The van der Waals surface area contributed by atoms with Crippen LogP contribution in [0.5, 0.6) is 0 Å². The average Bonchev–Trinajstić information content (AvgIpc) is 2.92. The van der Waals surface area contributed by atoms with Gasteiger partial charge in [0.1, 0.15) is 5.76 Å². The van der Waals surface area contributed by atoms with Gasteiger partial charge in [-0.1, -0.05) is 5.16 Å². The third-order valence-electron chi connectivity index (χ3n) is 3.31. The molecule has 0 saturated carbocycles. The predicted octanol–water partition coefficient (Wildman–Crippen LogP) is 2.80. The Kier molecular flexibility index (Phi) is 5.59. The van der Waals surface area contributed by atoms with Crippen LogP contribution in [0.2, 0.25) is 0 Å². The minimum Gasteiger partial charge on any atom is -0.360 e. The summed E-state index contributed by atoms with van der Waals surface area (Å²) in [6.45, 7) is 1.39. The highest BCUT2D eigenvalue weighted by atomic mass is 32.2. The van der Waals surface area contributed by atoms with Crippen molar-refractivity contribution in [1.29, 1.82) is 0 Å². The second-order valence-corrected chi connectivity index (χ2v) is 7.41. The number of benzene rings is 1. The quantitative estimate of drug-likeness (QED) is 0.817. The van der Waals surface area contributed by atoms with Crippen molar-refractivity contribution in [2.45, 2.75) is 19.5 Å². The van der Waals surface area contributed by atoms with Crippen molar-refractivity contribution in [3.63, 3.8) is 0 Å². The monoisotopic (exact) mass is 391 g/mol. The zero-order chi connectivity index (χ0) is 19.5. The lowest BCUT2D eigenvalue weighted by molar-refractivity contribution is -0.137. The molecule has 0 spiro atoms. The molecule has 1 heterocycles. The standard InChI is InChI=1S/C15H16F3N3O4S/c1-10-9-13(20-25-10)21(26(2,23)24)8-7-14(22)19-12-5-3-11(4-6-12)15(16,17)18/h3-6,9H,7-8H2,1-2H3,(H,19,22). The van der Waals surface area contributed by atoms with Crippen LogP contribution in [0, 0.1) is 6.92 Å². The molecule has 0 saturated heterocycles. The number of sulfonamides is 1. The second-order valence-electron chi connectivity index (χ2n) is 5.50. The highest BCUT2D eigenvalue weighted by Gasteiger charge is 2.30. The molecule has 2 aromatic rings. The van der Waals surface area contributed by atoms with E-state index >= 15 is 0 Å². The summed E-state index contributed by atoms with van der Waals surface area (Å²) in [4.78, 5) is 12.0. The molecule has 7 nitrogen and oxygen atoms in total. The van der Waals surface area contributed by atoms with Crippen molar-refractivity contribution < 1.29 is 30.9 Å². The van der Waals surface area contributed by atoms with Crippen molar-refractivity contribution in [1.82, 2.24) is 5.16 Å². The van der Waals surface area contributed by atoms with Crippen LogP contribution in [-0.2, 0) is 21.0 Å². The molecule has 142 valence electrons. The SMILES string of the molecule is Cc1cc(N(CCC(=O)Nc2ccc(C(F)(F)F)cc2)S(C)(=O)=O)no1. The molecule has 2 rings (SSSR count). The smallest absolute Gasteiger partial charge is 0.360 e. The fraction of sp³-hybridized carbons (Fsp3) is 0.333. The van der Waals surface area contributed by atoms with Crippen LogP contribution < -0.4 is 9.62 Å². The number of anilines is 2. The highest BCUT2D eigenvalue weighted by Crippen LogP contribution is 2.29. The number of aromatic nitrogens is 1. The first-order chi connectivity index (χ1) is 12.0. The summed E-state index contributed by atoms with van der Waals surface area (Å²) in [5, 5.41) is 6.02. The Balaban J connectivity index is 2.00. The molecule has 26 heavy (non-hydrogen) atoms. The van der Waals surface area contributed by atoms with E-state index in [1.165, 1.54) is 6.07 Å². The van der Waals surface area contributed by atoms with Crippen molar-refractivity contribution >= 4 is 27.4 Å². The van der Waals surface area contributed by atoms with Gasteiger partial charge in [0.25, 0.3) is 0 Å². The van der Waals surface area contributed by atoms with E-state index in [4.69, 9.17) is 4.52 Å². The van der Waals surface area contributed by atoms with Gasteiger partial charge in [-0.05, 0) is 31.2 Å². The minimum atomic E-state index is -4.46. The second kappa shape index (κ2) is 7.36. The molecule has 0 aliphatic rings. The van der Waals surface area contributed by atoms with Gasteiger partial charge in [0.2, 0.25) is 15.9 Å². The Labute approximate surface area is 147 Å². The number of aryl methyl sites for hydroxylation is 1. The minimum absolute atomic E-state index is 0.0485. The van der Waals surface area contributed by atoms with Gasteiger partial charge in [-0.3, -0.25) is 9.10 Å². The van der Waals surface area contributed by atoms with Crippen molar-refractivity contribution in [2.75, 3.05) is 22.4 Å². The summed E-state index contributed by atoms with van der Waals surface area (Å²) in [7, 11) is -3.69. The zero-order valence-corrected chi connectivity index (χ0v) is 14.7. The Morgan fingerprint density at radius 1 is 1.27 bits per heavy atom. The van der Waals surface area contributed by atoms with Gasteiger partial charge in [-0.25, -0.2) is 8.42 Å². The number of alkyl halides is 3. The van der Waals surface area contributed by atoms with Gasteiger partial charge in [0.05, 0.1) is 11.8 Å². The van der Waals surface area contributed by atoms with Crippen LogP contribution in [0.1, 0.15) is 17.7 Å². The van der Waals surface area contributed by atoms with Crippen molar-refractivity contribution in [3.05, 3.63) is 41.7 Å². The third-order valence-corrected chi connectivity index (χ3v) is 4.48. The first-order valence-corrected chi connectivity index (χ1v) is 9.20. The van der Waals surface area contributed by atoms with E-state index in [0.29, 0.717) is 5.76 Å². The van der Waals surface area contributed by atoms with E-state index < -0.39 is 27.7 Å². The Morgan fingerprint density at radius 2 is 1.88 bits per heavy atom. The van der Waals surface area contributed by atoms with E-state index in [1.807, 2.05) is 0 Å². The summed E-state index contributed by atoms with van der Waals surface area (Å²) in [6, 6.07) is 5.34. The van der Waals surface area contributed by atoms with Crippen molar-refractivity contribution in [3.8, 4) is 0 Å². The molecule has 0 aliphatic carbocycles. The Morgan fingerprint density at radius 3 is 2.35 bits per heavy atom. The van der Waals surface area contributed by atoms with E-state index in [0.717, 1.165) is 34.8 Å². The molecule has 0 atom stereocenters. The molecular weight excluding hydrogens is 375 g/mol. The first kappa shape index (κ1) is 19.8. The summed E-state index contributed by atoms with van der Waals surface area (Å²) in [5.41, 5.74) is -0.661. The molecule has 0 aliphatic heterocycles. The van der Waals surface area contributed by atoms with Crippen LogP contribution in [0.25, 0.3) is 0 Å². The molecule has 0 bridgehead atoms. The van der Waals surface area contributed by atoms with E-state index in [2.05, 4.69) is 10.5 Å². The molecule has 1 amide bonds. The number of hydrogen-bond donors (Lipinski definition) is 1. The maximum Gasteiger partial charge on any atom is 0.416 e. The van der Waals surface area contributed by atoms with Gasteiger partial charge in [0, 0.05) is 24.7 Å². The van der Waals surface area contributed by atoms with Crippen LogP contribution in [-0.4, -0.2) is 32.3 Å². The van der Waals surface area contributed by atoms with Crippen LogP contribution in [0.3, 0.4) is 0 Å². The molecule has 1 N–H and O–H groups in total. The number of halogens is 3. The summed E-state index contributed by atoms with van der Waals surface area (Å²) in [6.07, 6.45) is -3.72. The molecule has 1 aromatic heterocycles. The number of nitrogens with one attached hydrogen (secondary N) is 1. The summed E-state index contributed by atoms with van der Waals surface area (Å²) >= 11 is 0. The summed E-state index contributed by atoms with van der Waals surface area (Å²) in [5.74, 6) is -0.103. The van der Waals surface area contributed by atoms with E-state index in [-0.39, 0.29) is 24.5 Å². The van der Waals surface area contributed by atoms with Crippen LogP contribution in [0.15, 0.2) is 34.9 Å². The van der Waals surface area contributed by atoms with E-state index in [1.54, 1.807) is 6.92 Å². The molecular formula is C15H16F3N3O4S. The molecule has 0 radical (unpaired) electrons. The number of nitrogens with zero attached hydrogens (tertiary/aromatic N) is 2. The number of carbonyl (C=O) groups excluding carboxylic acids is 1. The van der Waals surface area contributed by atoms with Crippen LogP contribution >= 0.6 is 0 Å². The summed E-state index contributed by atoms with van der Waals surface area (Å²) < 4.78 is 67.0. The third kappa shape index (κ3) is 5.22. The largest absolute Gasteiger partial charge is 0.416 e. The molecule has 0 unspecified atom stereocenters. The number of hydrogen-bond acceptors (Lipinski definition) is 5. The van der Waals surface area contributed by atoms with Gasteiger partial charge in [-0.2, -0.15) is 13.2 Å². The number of carbonyl (C=O) groups is 1. The Bertz CT molecular complexity index is 876. The van der Waals surface area contributed by atoms with Crippen molar-refractivity contribution in [2.24, 2.45) is 0 Å². The van der Waals surface area contributed by atoms with Gasteiger partial charge in [0.15, 0.2) is 5.82 Å². The topological polar surface area (TPSA) is 92.5 Å². The molecule has 1 aromatic carbocycles. The van der Waals surface area contributed by atoms with Crippen LogP contribution in [0.4, 0.5) is 24.7 Å². The predicted molar refractivity (Wildman–Crippen MR) is 88.1 cm³/mol. The number of amides is 1. The Hall–Kier alpha value is -2.56. The maximum atomic E-state index is 12.5. The molecule has 0 fully saturated rings. The van der Waals surface area contributed by atoms with Gasteiger partial charge in [-0.15, -0.1) is 0 Å². The number of rotatable bonds is 6. The average molecular weight is 391 g/mol. The van der Waals surface area contributed by atoms with Gasteiger partial charge >= 0.3 is 6.18 Å². The normalized spacial score (nSPS) is 12.0. The first-order valence-electron chi connectivity index (χ1n) is 7.35. The zero-order valence-electron chi connectivity index (χ0n) is 13.9. The fourth-order valence-electron chi connectivity index (χ4n) is 2.09. The fourth-order valence-corrected chi connectivity index (χ4v) is 2.94. The van der Waals surface area contributed by atoms with Gasteiger partial charge < -0.3 is 9.84 Å². The lowest BCUT2D eigenvalue weighted by Gasteiger charge is -2.18. The molecule has 11 heteroatoms. The lowest BCUT2D eigenvalue weighted by atomic mass is 10.2. The lowest BCUT2D eigenvalue weighted by Crippen LogP contribution is -2.33. The van der Waals surface area contributed by atoms with E-state index in [9.17, 15) is 26.4 Å².